The second kappa shape index (κ2) is 9.68. The second-order valence-electron chi connectivity index (χ2n) is 7.09. The summed E-state index contributed by atoms with van der Waals surface area (Å²) in [6, 6.07) is 2.13. The Balaban J connectivity index is 1.49. The van der Waals surface area contributed by atoms with Crippen molar-refractivity contribution in [2.75, 3.05) is 24.3 Å². The first-order valence-electron chi connectivity index (χ1n) is 9.71. The lowest BCUT2D eigenvalue weighted by Gasteiger charge is -2.49. The normalized spacial score (nSPS) is 20.0. The number of hydrogen-bond acceptors (Lipinski definition) is 12. The molecular formula is C18H19N9O5S2. The van der Waals surface area contributed by atoms with Crippen molar-refractivity contribution in [3.8, 4) is 0 Å². The average molecular weight is 506 g/mol. The number of pyridine rings is 1. The van der Waals surface area contributed by atoms with Gasteiger partial charge in [0.25, 0.3) is 11.8 Å². The monoisotopic (exact) mass is 505 g/mol. The summed E-state index contributed by atoms with van der Waals surface area (Å²) in [4.78, 5) is 47.7. The van der Waals surface area contributed by atoms with Gasteiger partial charge in [-0.3, -0.25) is 14.5 Å². The van der Waals surface area contributed by atoms with Crippen molar-refractivity contribution in [3.63, 3.8) is 0 Å². The van der Waals surface area contributed by atoms with E-state index in [0.717, 1.165) is 0 Å². The van der Waals surface area contributed by atoms with Gasteiger partial charge in [0.05, 0.1) is 0 Å². The van der Waals surface area contributed by atoms with Crippen LogP contribution in [0.15, 0.2) is 39.9 Å². The molecule has 2 aliphatic heterocycles. The number of carboxylic acids is 1. The van der Waals surface area contributed by atoms with E-state index in [0.29, 0.717) is 27.8 Å². The molecule has 0 radical (unpaired) electrons. The first kappa shape index (κ1) is 23.5. The molecule has 1 saturated heterocycles. The maximum absolute atomic E-state index is 12.9. The summed E-state index contributed by atoms with van der Waals surface area (Å²) in [6.45, 7) is 0. The molecule has 2 aromatic rings. The molecule has 14 nitrogen and oxygen atoms in total. The minimum Gasteiger partial charge on any atom is -0.477 e. The molecule has 2 aliphatic rings. The lowest BCUT2D eigenvalue weighted by atomic mass is 10.0. The highest BCUT2D eigenvalue weighted by Gasteiger charge is 2.54. The summed E-state index contributed by atoms with van der Waals surface area (Å²) in [5, 5.41) is 27.3. The van der Waals surface area contributed by atoms with E-state index < -0.39 is 29.2 Å². The number of β-lactam (4-membered cyclic amide) rings is 1. The molecule has 178 valence electrons. The highest BCUT2D eigenvalue weighted by molar-refractivity contribution is 8.01. The van der Waals surface area contributed by atoms with E-state index in [2.05, 4.69) is 31.0 Å². The van der Waals surface area contributed by atoms with Crippen LogP contribution in [0.3, 0.4) is 0 Å². The largest absolute Gasteiger partial charge is 0.477 e. The summed E-state index contributed by atoms with van der Waals surface area (Å²) in [7, 11) is 2.96. The molecule has 2 atom stereocenters. The number of nitrogens with two attached hydrogens (primary N) is 1. The van der Waals surface area contributed by atoms with Gasteiger partial charge in [-0.05, 0) is 28.1 Å². The van der Waals surface area contributed by atoms with Gasteiger partial charge in [0.15, 0.2) is 5.71 Å². The van der Waals surface area contributed by atoms with Gasteiger partial charge in [0.1, 0.15) is 30.0 Å². The van der Waals surface area contributed by atoms with Gasteiger partial charge in [-0.25, -0.2) is 14.5 Å². The number of aromatic nitrogens is 5. The van der Waals surface area contributed by atoms with Gasteiger partial charge in [-0.15, -0.1) is 16.9 Å². The van der Waals surface area contributed by atoms with E-state index in [4.69, 9.17) is 10.6 Å². The fourth-order valence-corrected chi connectivity index (χ4v) is 5.70. The van der Waals surface area contributed by atoms with Crippen LogP contribution in [0.5, 0.6) is 0 Å². The number of hydrogen-bond donors (Lipinski definition) is 3. The smallest absolute Gasteiger partial charge is 0.352 e. The minimum absolute atomic E-state index is 0.0876. The van der Waals surface area contributed by atoms with Gasteiger partial charge in [-0.2, -0.15) is 0 Å². The van der Waals surface area contributed by atoms with E-state index in [1.807, 2.05) is 0 Å². The maximum atomic E-state index is 12.9. The number of fused-ring (bicyclic) bond motifs is 1. The lowest BCUT2D eigenvalue weighted by Crippen LogP contribution is -2.71. The number of carbonyl (C=O) groups is 3. The molecule has 1 fully saturated rings. The van der Waals surface area contributed by atoms with Crippen molar-refractivity contribution in [1.29, 1.82) is 0 Å². The van der Waals surface area contributed by atoms with Crippen molar-refractivity contribution in [2.24, 2.45) is 12.2 Å². The third kappa shape index (κ3) is 4.41. The molecular weight excluding hydrogens is 486 g/mol. The van der Waals surface area contributed by atoms with Crippen LogP contribution in [0.25, 0.3) is 0 Å². The summed E-state index contributed by atoms with van der Waals surface area (Å²) >= 11 is 2.63. The Morgan fingerprint density at radius 1 is 1.44 bits per heavy atom. The SMILES string of the molecule is CO/N=C(\C(=O)NC1C(=O)N2C(C(=O)O)=C(CSc3nnnn3C)CS[C@H]12)c1ccc(N)nc1. The van der Waals surface area contributed by atoms with Crippen LogP contribution in [-0.4, -0.2) is 88.7 Å². The van der Waals surface area contributed by atoms with Crippen molar-refractivity contribution >= 4 is 52.8 Å². The zero-order valence-corrected chi connectivity index (χ0v) is 19.5. The number of aliphatic carboxylic acids is 1. The number of amides is 2. The fourth-order valence-electron chi connectivity index (χ4n) is 3.36. The molecule has 1 unspecified atom stereocenters. The fraction of sp³-hybridized carbons (Fsp3) is 0.333. The Hall–Kier alpha value is -3.66. The molecule has 0 spiro atoms. The van der Waals surface area contributed by atoms with E-state index in [9.17, 15) is 19.5 Å². The molecule has 0 aliphatic carbocycles. The van der Waals surface area contributed by atoms with E-state index >= 15 is 0 Å². The van der Waals surface area contributed by atoms with Gasteiger partial charge < -0.3 is 21.0 Å². The Morgan fingerprint density at radius 3 is 2.85 bits per heavy atom. The third-order valence-corrected chi connectivity index (χ3v) is 7.39. The lowest BCUT2D eigenvalue weighted by molar-refractivity contribution is -0.150. The van der Waals surface area contributed by atoms with Crippen LogP contribution in [0.2, 0.25) is 0 Å². The van der Waals surface area contributed by atoms with Crippen LogP contribution in [0.4, 0.5) is 5.82 Å². The molecule has 2 aromatic heterocycles. The highest BCUT2D eigenvalue weighted by atomic mass is 32.2. The first-order valence-corrected chi connectivity index (χ1v) is 11.7. The molecule has 0 saturated carbocycles. The topological polar surface area (TPSA) is 191 Å². The highest BCUT2D eigenvalue weighted by Crippen LogP contribution is 2.41. The number of rotatable bonds is 8. The number of nitrogens with one attached hydrogen (secondary N) is 1. The number of tetrazole rings is 1. The predicted molar refractivity (Wildman–Crippen MR) is 121 cm³/mol. The predicted octanol–water partition coefficient (Wildman–Crippen LogP) is -0.931. The van der Waals surface area contributed by atoms with E-state index in [1.165, 1.54) is 52.5 Å². The summed E-state index contributed by atoms with van der Waals surface area (Å²) in [6.07, 6.45) is 1.36. The molecule has 4 rings (SSSR count). The Bertz CT molecular complexity index is 1200. The van der Waals surface area contributed by atoms with Crippen LogP contribution in [0, 0.1) is 0 Å². The summed E-state index contributed by atoms with van der Waals surface area (Å²) in [5.41, 5.74) is 6.31. The zero-order valence-electron chi connectivity index (χ0n) is 17.9. The zero-order chi connectivity index (χ0) is 24.4. The third-order valence-electron chi connectivity index (χ3n) is 4.95. The number of thioether (sulfide) groups is 2. The molecule has 2 amide bonds. The summed E-state index contributed by atoms with van der Waals surface area (Å²) < 4.78 is 1.47. The number of anilines is 1. The van der Waals surface area contributed by atoms with Gasteiger partial charge in [-0.1, -0.05) is 16.9 Å². The molecule has 0 bridgehead atoms. The van der Waals surface area contributed by atoms with Crippen molar-refractivity contribution in [3.05, 3.63) is 35.2 Å². The Kier molecular flexibility index (Phi) is 6.69. The number of aryl methyl sites for hydroxylation is 1. The Morgan fingerprint density at radius 2 is 2.24 bits per heavy atom. The van der Waals surface area contributed by atoms with Gasteiger partial charge >= 0.3 is 5.97 Å². The van der Waals surface area contributed by atoms with E-state index in [1.54, 1.807) is 13.1 Å². The van der Waals surface area contributed by atoms with Crippen LogP contribution in [0.1, 0.15) is 5.56 Å². The van der Waals surface area contributed by atoms with Gasteiger partial charge in [0.2, 0.25) is 5.16 Å². The molecule has 0 aromatic carbocycles. The first-order chi connectivity index (χ1) is 16.3. The van der Waals surface area contributed by atoms with Crippen LogP contribution in [-0.2, 0) is 26.3 Å². The van der Waals surface area contributed by atoms with Crippen molar-refractivity contribution < 1.29 is 24.3 Å². The number of nitrogen functional groups attached to an aromatic ring is 1. The number of carboxylic acid groups (broad SMARTS) is 1. The molecule has 4 N–H and O–H groups in total. The molecule has 4 heterocycles. The summed E-state index contributed by atoms with van der Waals surface area (Å²) in [5.74, 6) is -1.49. The standard InChI is InChI=1S/C18H19N9O5S2/c1-26-18(22-24-25-26)34-7-9-6-33-16-12(15(29)27(16)13(9)17(30)31)21-14(28)11(23-32-2)8-3-4-10(19)20-5-8/h3-5,12,16H,6-7H2,1-2H3,(H2,19,20)(H,21,28)(H,30,31)/b23-11-/t12?,16-/m1/s1. The Labute approximate surface area is 201 Å². The second-order valence-corrected chi connectivity index (χ2v) is 9.13. The van der Waals surface area contributed by atoms with Crippen LogP contribution < -0.4 is 11.1 Å². The van der Waals surface area contributed by atoms with Crippen molar-refractivity contribution in [1.82, 2.24) is 35.4 Å². The van der Waals surface area contributed by atoms with Crippen molar-refractivity contribution in [2.45, 2.75) is 16.6 Å². The number of carbonyl (C=O) groups excluding carboxylic acids is 2. The number of nitrogens with zero attached hydrogens (tertiary/aromatic N) is 7. The quantitative estimate of drug-likeness (QED) is 0.173. The average Bonchev–Trinajstić information content (AvgIpc) is 3.23. The maximum Gasteiger partial charge on any atom is 0.352 e. The van der Waals surface area contributed by atoms with Gasteiger partial charge in [0, 0.05) is 30.3 Å². The number of oxime groups is 1. The minimum atomic E-state index is -1.22. The molecule has 34 heavy (non-hydrogen) atoms. The molecule has 16 heteroatoms. The van der Waals surface area contributed by atoms with E-state index in [-0.39, 0.29) is 17.2 Å². The van der Waals surface area contributed by atoms with Crippen LogP contribution >= 0.6 is 23.5 Å².